The highest BCUT2D eigenvalue weighted by molar-refractivity contribution is 7.89. The van der Waals surface area contributed by atoms with E-state index >= 15 is 0 Å². The van der Waals surface area contributed by atoms with Gasteiger partial charge in [-0.25, -0.2) is 12.8 Å². The maximum Gasteiger partial charge on any atom is 0.243 e. The lowest BCUT2D eigenvalue weighted by Crippen LogP contribution is -2.43. The number of amides is 1. The molecule has 2 aromatic carbocycles. The number of aromatic nitrogens is 1. The number of sulfonamides is 1. The topological polar surface area (TPSA) is 88.6 Å². The SMILES string of the molecule is Cc1ccc(S(=O)(=O)N2CCC(C(=O)NCc3ccc(Oc4cccnc4)c(F)c3)CC2)c(C)c1. The molecule has 0 saturated carbocycles. The van der Waals surface area contributed by atoms with Gasteiger partial charge >= 0.3 is 0 Å². The molecule has 0 atom stereocenters. The molecule has 1 N–H and O–H groups in total. The Labute approximate surface area is 205 Å². The van der Waals surface area contributed by atoms with Gasteiger partial charge in [0.25, 0.3) is 0 Å². The van der Waals surface area contributed by atoms with Crippen LogP contribution in [0.15, 0.2) is 65.8 Å². The summed E-state index contributed by atoms with van der Waals surface area (Å²) in [6.45, 7) is 4.45. The predicted octanol–water partition coefficient (Wildman–Crippen LogP) is 4.35. The molecule has 9 heteroatoms. The Morgan fingerprint density at radius 2 is 1.91 bits per heavy atom. The minimum Gasteiger partial charge on any atom is -0.453 e. The van der Waals surface area contributed by atoms with Crippen LogP contribution in [0.4, 0.5) is 4.39 Å². The molecular weight excluding hydrogens is 469 g/mol. The fourth-order valence-corrected chi connectivity index (χ4v) is 5.87. The Morgan fingerprint density at radius 3 is 2.57 bits per heavy atom. The molecule has 2 heterocycles. The molecule has 0 bridgehead atoms. The van der Waals surface area contributed by atoms with Crippen molar-refractivity contribution in [3.05, 3.63) is 83.4 Å². The number of pyridine rings is 1. The summed E-state index contributed by atoms with van der Waals surface area (Å²) in [5.74, 6) is -0.488. The van der Waals surface area contributed by atoms with Crippen LogP contribution >= 0.6 is 0 Å². The van der Waals surface area contributed by atoms with E-state index in [1.807, 2.05) is 13.0 Å². The van der Waals surface area contributed by atoms with Crippen molar-refractivity contribution in [3.63, 3.8) is 0 Å². The van der Waals surface area contributed by atoms with E-state index in [-0.39, 0.29) is 37.2 Å². The zero-order chi connectivity index (χ0) is 25.0. The summed E-state index contributed by atoms with van der Waals surface area (Å²) in [6.07, 6.45) is 3.96. The third-order valence-corrected chi connectivity index (χ3v) is 8.16. The van der Waals surface area contributed by atoms with Crippen LogP contribution in [0.1, 0.15) is 29.5 Å². The van der Waals surface area contributed by atoms with Crippen LogP contribution in [0.2, 0.25) is 0 Å². The molecule has 0 spiro atoms. The highest BCUT2D eigenvalue weighted by Crippen LogP contribution is 2.27. The quantitative estimate of drug-likeness (QED) is 0.524. The van der Waals surface area contributed by atoms with Crippen LogP contribution in [-0.4, -0.2) is 36.7 Å². The molecule has 1 saturated heterocycles. The van der Waals surface area contributed by atoms with E-state index in [1.54, 1.807) is 43.5 Å². The minimum atomic E-state index is -3.60. The lowest BCUT2D eigenvalue weighted by molar-refractivity contribution is -0.126. The molecule has 1 aromatic heterocycles. The molecule has 184 valence electrons. The summed E-state index contributed by atoms with van der Waals surface area (Å²) < 4.78 is 47.5. The molecule has 3 aromatic rings. The first-order valence-electron chi connectivity index (χ1n) is 11.5. The van der Waals surface area contributed by atoms with Crippen LogP contribution in [0.3, 0.4) is 0 Å². The van der Waals surface area contributed by atoms with Crippen LogP contribution in [0.25, 0.3) is 0 Å². The molecule has 35 heavy (non-hydrogen) atoms. The van der Waals surface area contributed by atoms with E-state index in [4.69, 9.17) is 4.74 Å². The molecule has 7 nitrogen and oxygen atoms in total. The molecule has 0 radical (unpaired) electrons. The van der Waals surface area contributed by atoms with Crippen molar-refractivity contribution in [1.82, 2.24) is 14.6 Å². The molecule has 1 aliphatic rings. The van der Waals surface area contributed by atoms with Crippen LogP contribution in [0.5, 0.6) is 11.5 Å². The van der Waals surface area contributed by atoms with Crippen molar-refractivity contribution in [2.75, 3.05) is 13.1 Å². The van der Waals surface area contributed by atoms with Gasteiger partial charge < -0.3 is 10.1 Å². The maximum atomic E-state index is 14.4. The number of hydrogen-bond acceptors (Lipinski definition) is 5. The van der Waals surface area contributed by atoms with Crippen molar-refractivity contribution >= 4 is 15.9 Å². The van der Waals surface area contributed by atoms with Crippen LogP contribution < -0.4 is 10.1 Å². The Balaban J connectivity index is 1.30. The van der Waals surface area contributed by atoms with Gasteiger partial charge in [0.15, 0.2) is 11.6 Å². The summed E-state index contributed by atoms with van der Waals surface area (Å²) in [7, 11) is -3.60. The van der Waals surface area contributed by atoms with Crippen molar-refractivity contribution in [2.24, 2.45) is 5.92 Å². The molecule has 0 aliphatic carbocycles. The first kappa shape index (κ1) is 24.8. The second-order valence-electron chi connectivity index (χ2n) is 8.72. The Kier molecular flexibility index (Phi) is 7.47. The number of nitrogens with zero attached hydrogens (tertiary/aromatic N) is 2. The average molecular weight is 498 g/mol. The van der Waals surface area contributed by atoms with Gasteiger partial charge in [0.2, 0.25) is 15.9 Å². The van der Waals surface area contributed by atoms with Gasteiger partial charge in [-0.2, -0.15) is 4.31 Å². The van der Waals surface area contributed by atoms with Crippen molar-refractivity contribution in [1.29, 1.82) is 0 Å². The zero-order valence-corrected chi connectivity index (χ0v) is 20.5. The third kappa shape index (κ3) is 5.86. The van der Waals surface area contributed by atoms with Gasteiger partial charge in [-0.3, -0.25) is 9.78 Å². The lowest BCUT2D eigenvalue weighted by atomic mass is 9.97. The Morgan fingerprint density at radius 1 is 1.14 bits per heavy atom. The second kappa shape index (κ2) is 10.5. The van der Waals surface area contributed by atoms with Crippen molar-refractivity contribution in [2.45, 2.75) is 38.1 Å². The second-order valence-corrected chi connectivity index (χ2v) is 10.6. The summed E-state index contributed by atoms with van der Waals surface area (Å²) in [5, 5.41) is 2.84. The van der Waals surface area contributed by atoms with Crippen molar-refractivity contribution in [3.8, 4) is 11.5 Å². The fourth-order valence-electron chi connectivity index (χ4n) is 4.19. The van der Waals surface area contributed by atoms with Crippen LogP contribution in [-0.2, 0) is 21.4 Å². The number of ether oxygens (including phenoxy) is 1. The van der Waals surface area contributed by atoms with Crippen molar-refractivity contribution < 1.29 is 22.3 Å². The summed E-state index contributed by atoms with van der Waals surface area (Å²) in [5.41, 5.74) is 2.32. The number of nitrogens with one attached hydrogen (secondary N) is 1. The third-order valence-electron chi connectivity index (χ3n) is 6.10. The first-order valence-corrected chi connectivity index (χ1v) is 12.9. The van der Waals surface area contributed by atoms with E-state index in [9.17, 15) is 17.6 Å². The highest BCUT2D eigenvalue weighted by atomic mass is 32.2. The highest BCUT2D eigenvalue weighted by Gasteiger charge is 2.32. The number of rotatable bonds is 7. The standard InChI is InChI=1S/C26H28FN3O4S/c1-18-5-8-25(19(2)14-18)35(32,33)30-12-9-21(10-13-30)26(31)29-16-20-6-7-24(23(27)15-20)34-22-4-3-11-28-17-22/h3-8,11,14-15,17,21H,9-10,12-13,16H2,1-2H3,(H,29,31). The largest absolute Gasteiger partial charge is 0.453 e. The predicted molar refractivity (Wildman–Crippen MR) is 130 cm³/mol. The number of carbonyl (C=O) groups is 1. The monoisotopic (exact) mass is 497 g/mol. The molecule has 1 fully saturated rings. The fraction of sp³-hybridized carbons (Fsp3) is 0.308. The summed E-state index contributed by atoms with van der Waals surface area (Å²) in [6, 6.07) is 13.2. The Hall–Kier alpha value is -3.30. The average Bonchev–Trinajstić information content (AvgIpc) is 2.84. The molecule has 4 rings (SSSR count). The summed E-state index contributed by atoms with van der Waals surface area (Å²) >= 11 is 0. The molecular formula is C26H28FN3O4S. The number of benzene rings is 2. The van der Waals surface area contributed by atoms with E-state index in [0.29, 0.717) is 34.6 Å². The van der Waals surface area contributed by atoms with Crippen LogP contribution in [0, 0.1) is 25.6 Å². The molecule has 1 amide bonds. The lowest BCUT2D eigenvalue weighted by Gasteiger charge is -2.31. The van der Waals surface area contributed by atoms with Gasteiger partial charge in [-0.1, -0.05) is 23.8 Å². The van der Waals surface area contributed by atoms with Gasteiger partial charge in [-0.05, 0) is 68.1 Å². The summed E-state index contributed by atoms with van der Waals surface area (Å²) in [4.78, 5) is 16.9. The number of carbonyl (C=O) groups excluding carboxylic acids is 1. The number of piperidine rings is 1. The number of halogens is 1. The maximum absolute atomic E-state index is 14.4. The smallest absolute Gasteiger partial charge is 0.243 e. The van der Waals surface area contributed by atoms with E-state index in [2.05, 4.69) is 10.3 Å². The van der Waals surface area contributed by atoms with Gasteiger partial charge in [0.1, 0.15) is 5.75 Å². The Bertz CT molecular complexity index is 1310. The zero-order valence-electron chi connectivity index (χ0n) is 19.7. The van der Waals surface area contributed by atoms with Gasteiger partial charge in [0.05, 0.1) is 11.1 Å². The number of hydrogen-bond donors (Lipinski definition) is 1. The van der Waals surface area contributed by atoms with Gasteiger partial charge in [-0.15, -0.1) is 0 Å². The van der Waals surface area contributed by atoms with E-state index in [1.165, 1.54) is 22.6 Å². The van der Waals surface area contributed by atoms with E-state index in [0.717, 1.165) is 5.56 Å². The van der Waals surface area contributed by atoms with Gasteiger partial charge in [0, 0.05) is 31.7 Å². The molecule has 1 aliphatic heterocycles. The molecule has 0 unspecified atom stereocenters. The number of aryl methyl sites for hydroxylation is 2. The normalized spacial score (nSPS) is 15.1. The first-order chi connectivity index (χ1) is 16.7. The minimum absolute atomic E-state index is 0.0745. The van der Waals surface area contributed by atoms with E-state index < -0.39 is 15.8 Å².